The first-order valence-corrected chi connectivity index (χ1v) is 15.5. The van der Waals surface area contributed by atoms with Crippen LogP contribution < -0.4 is 26.4 Å². The van der Waals surface area contributed by atoms with Gasteiger partial charge in [0.05, 0.1) is 25.3 Å². The fraction of sp³-hybridized carbons (Fsp3) is 0.361. The molecule has 0 spiro atoms. The van der Waals surface area contributed by atoms with Crippen LogP contribution in [0.2, 0.25) is 0 Å². The smallest absolute Gasteiger partial charge is 0.248 e. The van der Waals surface area contributed by atoms with Crippen LogP contribution in [-0.2, 0) is 33.6 Å². The van der Waals surface area contributed by atoms with Crippen LogP contribution in [0.4, 0.5) is 0 Å². The van der Waals surface area contributed by atoms with Crippen molar-refractivity contribution in [2.75, 3.05) is 13.7 Å². The molecular weight excluding hydrogens is 600 g/mol. The number of aliphatic hydroxyl groups is 3. The second-order valence-corrected chi connectivity index (χ2v) is 12.3. The molecule has 4 atom stereocenters. The zero-order valence-corrected chi connectivity index (χ0v) is 27.1. The molecule has 8 N–H and O–H groups in total. The number of allylic oxidation sites excluding steroid dienone is 1. The molecule has 3 amide bonds. The van der Waals surface area contributed by atoms with E-state index in [4.69, 9.17) is 10.5 Å². The van der Waals surface area contributed by atoms with Crippen LogP contribution in [0.25, 0.3) is 5.57 Å². The number of benzene rings is 3. The van der Waals surface area contributed by atoms with Gasteiger partial charge in [-0.25, -0.2) is 0 Å². The summed E-state index contributed by atoms with van der Waals surface area (Å²) in [7, 11) is 1.53. The summed E-state index contributed by atoms with van der Waals surface area (Å²) in [5.74, 6) is -3.86. The van der Waals surface area contributed by atoms with E-state index in [1.54, 1.807) is 54.6 Å². The fourth-order valence-corrected chi connectivity index (χ4v) is 5.56. The van der Waals surface area contributed by atoms with Crippen LogP contribution in [-0.4, -0.2) is 76.2 Å². The maximum Gasteiger partial charge on any atom is 0.248 e. The van der Waals surface area contributed by atoms with Gasteiger partial charge in [-0.05, 0) is 67.2 Å². The number of rotatable bonds is 14. The molecule has 4 rings (SSSR count). The van der Waals surface area contributed by atoms with E-state index in [9.17, 15) is 29.7 Å². The molecule has 11 heteroatoms. The van der Waals surface area contributed by atoms with Gasteiger partial charge in [0.1, 0.15) is 17.8 Å². The number of hydrogen-bond donors (Lipinski definition) is 7. The zero-order valence-electron chi connectivity index (χ0n) is 27.1. The van der Waals surface area contributed by atoms with Crippen LogP contribution in [0.3, 0.4) is 0 Å². The molecule has 0 saturated heterocycles. The molecule has 0 bridgehead atoms. The highest BCUT2D eigenvalue weighted by molar-refractivity contribution is 6.05. The lowest BCUT2D eigenvalue weighted by molar-refractivity contribution is -0.232. The number of nitrogens with one attached hydrogen (secondary N) is 3. The van der Waals surface area contributed by atoms with Gasteiger partial charge in [0.15, 0.2) is 0 Å². The van der Waals surface area contributed by atoms with Crippen molar-refractivity contribution >= 4 is 23.3 Å². The second kappa shape index (κ2) is 14.9. The molecular formula is C36H44N4O7. The quantitative estimate of drug-likeness (QED) is 0.128. The predicted octanol–water partition coefficient (Wildman–Crippen LogP) is 1.38. The number of hydrogen-bond acceptors (Lipinski definition) is 8. The van der Waals surface area contributed by atoms with Gasteiger partial charge in [0.25, 0.3) is 0 Å². The van der Waals surface area contributed by atoms with E-state index in [2.05, 4.69) is 16.0 Å². The molecule has 11 nitrogen and oxygen atoms in total. The molecule has 1 aliphatic carbocycles. The first kappa shape index (κ1) is 35.3. The Bertz CT molecular complexity index is 1600. The van der Waals surface area contributed by atoms with Crippen LogP contribution in [0.5, 0.6) is 5.75 Å². The molecule has 0 heterocycles. The molecule has 0 aliphatic heterocycles. The van der Waals surface area contributed by atoms with Crippen molar-refractivity contribution in [3.63, 3.8) is 0 Å². The maximum absolute atomic E-state index is 13.9. The molecule has 0 fully saturated rings. The fourth-order valence-electron chi connectivity index (χ4n) is 5.56. The van der Waals surface area contributed by atoms with Gasteiger partial charge < -0.3 is 41.7 Å². The van der Waals surface area contributed by atoms with Crippen molar-refractivity contribution in [1.82, 2.24) is 16.0 Å². The topological polar surface area (TPSA) is 183 Å². The average Bonchev–Trinajstić information content (AvgIpc) is 3.40. The minimum Gasteiger partial charge on any atom is -0.497 e. The largest absolute Gasteiger partial charge is 0.497 e. The number of nitrogens with two attached hydrogens (primary N) is 1. The maximum atomic E-state index is 13.9. The van der Waals surface area contributed by atoms with Crippen LogP contribution in [0.15, 0.2) is 84.4 Å². The standard InChI is InChI=1S/C36H44N4O7/c1-22-28-13-9-8-12-26(28)20-29(22)33(43)38-23(2)32(42)39-30(18-25-14-16-27(47-4)17-15-25)34(44)40-31(19-24-10-6-5-7-11-24)36(45,46)35(3,37)21-41/h5-17,23,30-31,41,45-46H,18-21,37H2,1-4H3,(H,38,43)(H,39,42)(H,40,44)/t23-,30-,31-,35-/m0/s1. The van der Waals surface area contributed by atoms with E-state index in [-0.39, 0.29) is 18.7 Å². The zero-order chi connectivity index (χ0) is 34.4. The van der Waals surface area contributed by atoms with Crippen LogP contribution >= 0.6 is 0 Å². The molecule has 1 aliphatic rings. The van der Waals surface area contributed by atoms with Crippen molar-refractivity contribution in [3.8, 4) is 5.75 Å². The van der Waals surface area contributed by atoms with Gasteiger partial charge in [0.2, 0.25) is 23.5 Å². The summed E-state index contributed by atoms with van der Waals surface area (Å²) in [5.41, 5.74) is 8.96. The second-order valence-electron chi connectivity index (χ2n) is 12.3. The number of carbonyl (C=O) groups excluding carboxylic acids is 3. The number of aliphatic hydroxyl groups excluding tert-OH is 1. The van der Waals surface area contributed by atoms with Gasteiger partial charge in [0, 0.05) is 18.4 Å². The Balaban J connectivity index is 1.56. The monoisotopic (exact) mass is 644 g/mol. The number of amides is 3. The van der Waals surface area contributed by atoms with Crippen molar-refractivity contribution in [2.45, 2.75) is 69.5 Å². The Labute approximate surface area is 274 Å². The third-order valence-corrected chi connectivity index (χ3v) is 8.74. The molecule has 0 unspecified atom stereocenters. The Hall–Kier alpha value is -4.55. The number of fused-ring (bicyclic) bond motifs is 1. The SMILES string of the molecule is COc1ccc(C[C@H](NC(=O)[C@H](C)NC(=O)C2=C(C)c3ccccc3C2)C(=O)N[C@@H](Cc2ccccc2)C(O)(O)[C@@](C)(N)CO)cc1. The van der Waals surface area contributed by atoms with Crippen molar-refractivity contribution in [2.24, 2.45) is 5.73 Å². The third kappa shape index (κ3) is 8.25. The number of ether oxygens (including phenoxy) is 1. The minimum absolute atomic E-state index is 0.0314. The lowest BCUT2D eigenvalue weighted by atomic mass is 9.84. The van der Waals surface area contributed by atoms with Crippen LogP contribution in [0.1, 0.15) is 43.0 Å². The summed E-state index contributed by atoms with van der Waals surface area (Å²) in [4.78, 5) is 40.6. The molecule has 47 heavy (non-hydrogen) atoms. The highest BCUT2D eigenvalue weighted by atomic mass is 16.5. The van der Waals surface area contributed by atoms with Crippen LogP contribution in [0, 0.1) is 0 Å². The molecule has 250 valence electrons. The van der Waals surface area contributed by atoms with E-state index in [0.29, 0.717) is 28.9 Å². The van der Waals surface area contributed by atoms with Crippen molar-refractivity contribution < 1.29 is 34.4 Å². The van der Waals surface area contributed by atoms with Crippen molar-refractivity contribution in [1.29, 1.82) is 0 Å². The highest BCUT2D eigenvalue weighted by Crippen LogP contribution is 2.32. The molecule has 0 saturated carbocycles. The van der Waals surface area contributed by atoms with Crippen molar-refractivity contribution in [3.05, 3.63) is 107 Å². The molecule has 3 aromatic rings. The lowest BCUT2D eigenvalue weighted by Crippen LogP contribution is -2.71. The highest BCUT2D eigenvalue weighted by Gasteiger charge is 2.49. The summed E-state index contributed by atoms with van der Waals surface area (Å²) in [6, 6.07) is 19.9. The molecule has 3 aromatic carbocycles. The Morgan fingerprint density at radius 2 is 1.49 bits per heavy atom. The molecule has 0 radical (unpaired) electrons. The summed E-state index contributed by atoms with van der Waals surface area (Å²) < 4.78 is 5.23. The Morgan fingerprint density at radius 1 is 0.872 bits per heavy atom. The minimum atomic E-state index is -2.76. The lowest BCUT2D eigenvalue weighted by Gasteiger charge is -2.42. The van der Waals surface area contributed by atoms with Gasteiger partial charge in [-0.1, -0.05) is 66.7 Å². The first-order chi connectivity index (χ1) is 22.3. The van der Waals surface area contributed by atoms with E-state index in [1.165, 1.54) is 21.0 Å². The summed E-state index contributed by atoms with van der Waals surface area (Å²) in [6.07, 6.45) is 0.438. The van der Waals surface area contributed by atoms with E-state index >= 15 is 0 Å². The summed E-state index contributed by atoms with van der Waals surface area (Å²) in [6.45, 7) is 3.88. The third-order valence-electron chi connectivity index (χ3n) is 8.74. The summed E-state index contributed by atoms with van der Waals surface area (Å²) in [5, 5.41) is 40.4. The predicted molar refractivity (Wildman–Crippen MR) is 178 cm³/mol. The average molecular weight is 645 g/mol. The van der Waals surface area contributed by atoms with E-state index in [0.717, 1.165) is 16.7 Å². The van der Waals surface area contributed by atoms with Gasteiger partial charge >= 0.3 is 0 Å². The van der Waals surface area contributed by atoms with Gasteiger partial charge in [-0.15, -0.1) is 0 Å². The molecule has 0 aromatic heterocycles. The normalized spacial score (nSPS) is 15.9. The van der Waals surface area contributed by atoms with Gasteiger partial charge in [-0.2, -0.15) is 0 Å². The van der Waals surface area contributed by atoms with E-state index < -0.39 is 47.9 Å². The first-order valence-electron chi connectivity index (χ1n) is 15.5. The number of carbonyl (C=O) groups is 3. The Morgan fingerprint density at radius 3 is 2.11 bits per heavy atom. The summed E-state index contributed by atoms with van der Waals surface area (Å²) >= 11 is 0. The number of methoxy groups -OCH3 is 1. The van der Waals surface area contributed by atoms with Gasteiger partial charge in [-0.3, -0.25) is 14.4 Å². The van der Waals surface area contributed by atoms with E-state index in [1.807, 2.05) is 31.2 Å². The Kier molecular flexibility index (Phi) is 11.2.